The van der Waals surface area contributed by atoms with E-state index in [-0.39, 0.29) is 10.5 Å². The van der Waals surface area contributed by atoms with E-state index in [2.05, 4.69) is 10.6 Å². The van der Waals surface area contributed by atoms with Gasteiger partial charge in [-0.1, -0.05) is 19.9 Å². The van der Waals surface area contributed by atoms with Crippen molar-refractivity contribution in [3.05, 3.63) is 59.7 Å². The number of carbonyl (C=O) groups excluding carboxylic acids is 3. The van der Waals surface area contributed by atoms with Gasteiger partial charge in [-0.15, -0.1) is 0 Å². The number of hydrogen-bond acceptors (Lipinski definition) is 7. The zero-order valence-corrected chi connectivity index (χ0v) is 19.9. The summed E-state index contributed by atoms with van der Waals surface area (Å²) < 4.78 is 31.4. The van der Waals surface area contributed by atoms with Gasteiger partial charge in [0.2, 0.25) is 10.0 Å². The van der Waals surface area contributed by atoms with E-state index in [1.807, 2.05) is 6.07 Å². The van der Waals surface area contributed by atoms with Crippen molar-refractivity contribution in [1.29, 1.82) is 5.26 Å². The summed E-state index contributed by atoms with van der Waals surface area (Å²) in [5.41, 5.74) is 0.907. The van der Waals surface area contributed by atoms with E-state index in [0.717, 1.165) is 0 Å². The number of nitrogens with one attached hydrogen (secondary N) is 2. The van der Waals surface area contributed by atoms with Crippen LogP contribution in [0.3, 0.4) is 0 Å². The first-order chi connectivity index (χ1) is 16.1. The van der Waals surface area contributed by atoms with Gasteiger partial charge in [0.1, 0.15) is 6.54 Å². The number of anilines is 1. The number of rotatable bonds is 10. The first-order valence-electron chi connectivity index (χ1n) is 10.5. The number of carbonyl (C=O) groups is 3. The largest absolute Gasteiger partial charge is 0.451 e. The van der Waals surface area contributed by atoms with E-state index in [1.54, 1.807) is 32.0 Å². The molecule has 0 aliphatic carbocycles. The minimum Gasteiger partial charge on any atom is -0.451 e. The van der Waals surface area contributed by atoms with Gasteiger partial charge in [0, 0.05) is 24.3 Å². The Labute approximate surface area is 198 Å². The van der Waals surface area contributed by atoms with E-state index in [0.29, 0.717) is 24.3 Å². The maximum atomic E-state index is 12.5. The van der Waals surface area contributed by atoms with Gasteiger partial charge in [-0.2, -0.15) is 9.57 Å². The van der Waals surface area contributed by atoms with Crippen molar-refractivity contribution in [2.24, 2.45) is 0 Å². The monoisotopic (exact) mass is 486 g/mol. The Balaban J connectivity index is 1.89. The third kappa shape index (κ3) is 6.87. The van der Waals surface area contributed by atoms with Gasteiger partial charge in [0.05, 0.1) is 16.5 Å². The maximum Gasteiger partial charge on any atom is 0.326 e. The second kappa shape index (κ2) is 11.9. The minimum atomic E-state index is -3.64. The average molecular weight is 487 g/mol. The van der Waals surface area contributed by atoms with E-state index in [9.17, 15) is 22.8 Å². The molecule has 0 saturated carbocycles. The Morgan fingerprint density at radius 1 is 1.09 bits per heavy atom. The van der Waals surface area contributed by atoms with Crippen molar-refractivity contribution >= 4 is 33.5 Å². The van der Waals surface area contributed by atoms with Crippen LogP contribution in [-0.2, 0) is 24.3 Å². The van der Waals surface area contributed by atoms with Crippen LogP contribution in [0.1, 0.15) is 36.7 Å². The lowest BCUT2D eigenvalue weighted by atomic mass is 10.2. The summed E-state index contributed by atoms with van der Waals surface area (Å²) in [5, 5.41) is 13.8. The van der Waals surface area contributed by atoms with Gasteiger partial charge in [-0.05, 0) is 49.4 Å². The van der Waals surface area contributed by atoms with Gasteiger partial charge in [0.25, 0.3) is 11.8 Å². The van der Waals surface area contributed by atoms with Crippen LogP contribution in [0, 0.1) is 11.3 Å². The molecule has 0 aromatic heterocycles. The Hall–Kier alpha value is -3.75. The van der Waals surface area contributed by atoms with Crippen LogP contribution in [-0.4, -0.2) is 56.2 Å². The molecule has 0 heterocycles. The predicted molar refractivity (Wildman–Crippen MR) is 124 cm³/mol. The summed E-state index contributed by atoms with van der Waals surface area (Å²) in [6, 6.07) is 13.6. The lowest BCUT2D eigenvalue weighted by molar-refractivity contribution is -0.152. The van der Waals surface area contributed by atoms with Crippen LogP contribution in [0.5, 0.6) is 0 Å². The van der Waals surface area contributed by atoms with E-state index in [4.69, 9.17) is 10.00 Å². The molecule has 2 amide bonds. The van der Waals surface area contributed by atoms with Gasteiger partial charge in [0.15, 0.2) is 6.10 Å². The highest BCUT2D eigenvalue weighted by Gasteiger charge is 2.22. The van der Waals surface area contributed by atoms with Crippen LogP contribution in [0.15, 0.2) is 53.4 Å². The topological polar surface area (TPSA) is 146 Å². The number of esters is 1. The zero-order valence-electron chi connectivity index (χ0n) is 19.1. The average Bonchev–Trinajstić information content (AvgIpc) is 2.83. The highest BCUT2D eigenvalue weighted by atomic mass is 32.2. The summed E-state index contributed by atoms with van der Waals surface area (Å²) >= 11 is 0. The number of benzene rings is 2. The van der Waals surface area contributed by atoms with Crippen LogP contribution in [0.4, 0.5) is 5.69 Å². The van der Waals surface area contributed by atoms with Crippen molar-refractivity contribution in [3.63, 3.8) is 0 Å². The second-order valence-electron chi connectivity index (χ2n) is 7.11. The molecule has 1 unspecified atom stereocenters. The Morgan fingerprint density at radius 3 is 2.32 bits per heavy atom. The van der Waals surface area contributed by atoms with Crippen LogP contribution >= 0.6 is 0 Å². The van der Waals surface area contributed by atoms with Crippen LogP contribution in [0.2, 0.25) is 0 Å². The molecule has 2 aromatic carbocycles. The molecule has 0 spiro atoms. The molecule has 2 N–H and O–H groups in total. The molecule has 2 rings (SSSR count). The van der Waals surface area contributed by atoms with Crippen molar-refractivity contribution < 1.29 is 27.5 Å². The van der Waals surface area contributed by atoms with Crippen LogP contribution in [0.25, 0.3) is 0 Å². The summed E-state index contributed by atoms with van der Waals surface area (Å²) in [5.74, 6) is -2.03. The quantitative estimate of drug-likeness (QED) is 0.488. The molecular formula is C23H26N4O6S. The van der Waals surface area contributed by atoms with Crippen molar-refractivity contribution in [3.8, 4) is 6.07 Å². The molecule has 0 fully saturated rings. The van der Waals surface area contributed by atoms with Gasteiger partial charge in [-0.3, -0.25) is 14.4 Å². The molecule has 180 valence electrons. The molecule has 1 atom stereocenters. The van der Waals surface area contributed by atoms with E-state index >= 15 is 0 Å². The number of sulfonamides is 1. The number of ether oxygens (including phenoxy) is 1. The molecule has 34 heavy (non-hydrogen) atoms. The summed E-state index contributed by atoms with van der Waals surface area (Å²) in [4.78, 5) is 36.6. The molecule has 0 radical (unpaired) electrons. The number of nitriles is 1. The third-order valence-corrected chi connectivity index (χ3v) is 6.85. The maximum absolute atomic E-state index is 12.5. The summed E-state index contributed by atoms with van der Waals surface area (Å²) in [6.07, 6.45) is -1.14. The summed E-state index contributed by atoms with van der Waals surface area (Å²) in [7, 11) is -3.64. The first kappa shape index (κ1) is 26.5. The summed E-state index contributed by atoms with van der Waals surface area (Å²) in [6.45, 7) is 5.01. The SMILES string of the molecule is CCN(CC)S(=O)(=O)c1ccc(C(=O)NCC(=O)OC(C)C(=O)Nc2cccc(C#N)c2)cc1. The number of nitrogens with zero attached hydrogens (tertiary/aromatic N) is 2. The molecule has 0 aliphatic heterocycles. The molecule has 2 aromatic rings. The van der Waals surface area contributed by atoms with Gasteiger partial charge < -0.3 is 15.4 Å². The molecule has 0 saturated heterocycles. The molecule has 11 heteroatoms. The normalized spacial score (nSPS) is 11.9. The smallest absolute Gasteiger partial charge is 0.326 e. The Bertz CT molecular complexity index is 1180. The third-order valence-electron chi connectivity index (χ3n) is 4.79. The molecule has 10 nitrogen and oxygen atoms in total. The van der Waals surface area contributed by atoms with Crippen molar-refractivity contribution in [1.82, 2.24) is 9.62 Å². The van der Waals surface area contributed by atoms with Gasteiger partial charge >= 0.3 is 5.97 Å². The van der Waals surface area contributed by atoms with Gasteiger partial charge in [-0.25, -0.2) is 8.42 Å². The Morgan fingerprint density at radius 2 is 1.74 bits per heavy atom. The fourth-order valence-electron chi connectivity index (χ4n) is 2.95. The zero-order chi connectivity index (χ0) is 25.3. The fourth-order valence-corrected chi connectivity index (χ4v) is 4.41. The lowest BCUT2D eigenvalue weighted by Crippen LogP contribution is -2.35. The molecular weight excluding hydrogens is 460 g/mol. The minimum absolute atomic E-state index is 0.0623. The number of hydrogen-bond donors (Lipinski definition) is 2. The van der Waals surface area contributed by atoms with E-state index < -0.39 is 40.5 Å². The standard InChI is InChI=1S/C23H26N4O6S/c1-4-27(5-2)34(31,32)20-11-9-18(10-12-20)23(30)25-15-21(28)33-16(3)22(29)26-19-8-6-7-17(13-19)14-24/h6-13,16H,4-5,15H2,1-3H3,(H,25,30)(H,26,29). The van der Waals surface area contributed by atoms with Crippen LogP contribution < -0.4 is 10.6 Å². The lowest BCUT2D eigenvalue weighted by Gasteiger charge is -2.18. The highest BCUT2D eigenvalue weighted by molar-refractivity contribution is 7.89. The first-order valence-corrected chi connectivity index (χ1v) is 11.9. The van der Waals surface area contributed by atoms with Crippen molar-refractivity contribution in [2.45, 2.75) is 31.8 Å². The van der Waals surface area contributed by atoms with Crippen molar-refractivity contribution in [2.75, 3.05) is 25.0 Å². The highest BCUT2D eigenvalue weighted by Crippen LogP contribution is 2.16. The Kier molecular flexibility index (Phi) is 9.29. The fraction of sp³-hybridized carbons (Fsp3) is 0.304. The second-order valence-corrected chi connectivity index (χ2v) is 9.05. The molecule has 0 bridgehead atoms. The number of amides is 2. The predicted octanol–water partition coefficient (Wildman–Crippen LogP) is 1.89. The molecule has 0 aliphatic rings. The van der Waals surface area contributed by atoms with E-state index in [1.165, 1.54) is 41.6 Å².